The zero-order valence-electron chi connectivity index (χ0n) is 27.8. The van der Waals surface area contributed by atoms with Gasteiger partial charge in [-0.1, -0.05) is 30.4 Å². The molecule has 13 nitrogen and oxygen atoms in total. The highest BCUT2D eigenvalue weighted by Gasteiger charge is 2.62. The summed E-state index contributed by atoms with van der Waals surface area (Å²) in [6.07, 6.45) is 6.72. The molecule has 0 radical (unpaired) electrons. The van der Waals surface area contributed by atoms with Crippen LogP contribution in [0.5, 0.6) is 5.88 Å². The van der Waals surface area contributed by atoms with Crippen molar-refractivity contribution in [3.05, 3.63) is 48.7 Å². The number of benzene rings is 1. The van der Waals surface area contributed by atoms with Gasteiger partial charge in [-0.3, -0.25) is 19.1 Å². The van der Waals surface area contributed by atoms with Crippen molar-refractivity contribution in [3.8, 4) is 5.88 Å². The molecule has 5 atom stereocenters. The fourth-order valence-corrected chi connectivity index (χ4v) is 8.64. The third kappa shape index (κ3) is 8.14. The number of hydrogen-bond acceptors (Lipinski definition) is 10. The number of allylic oxidation sites excluding steroid dienone is 1. The third-order valence-corrected chi connectivity index (χ3v) is 12.0. The van der Waals surface area contributed by atoms with Crippen molar-refractivity contribution < 1.29 is 37.1 Å². The number of aromatic nitrogens is 1. The van der Waals surface area contributed by atoms with Crippen molar-refractivity contribution in [2.24, 2.45) is 5.92 Å². The van der Waals surface area contributed by atoms with Crippen LogP contribution in [0.2, 0.25) is 0 Å². The molecule has 0 unspecified atom stereocenters. The number of nitrogens with zero attached hydrogens (tertiary/aromatic N) is 2. The van der Waals surface area contributed by atoms with Crippen LogP contribution in [0, 0.1) is 5.92 Å². The van der Waals surface area contributed by atoms with E-state index >= 15 is 0 Å². The molecule has 3 N–H and O–H groups in total. The maximum Gasteiger partial charge on any atom is 0.408 e. The van der Waals surface area contributed by atoms with Gasteiger partial charge >= 0.3 is 6.09 Å². The molecule has 0 bridgehead atoms. The summed E-state index contributed by atoms with van der Waals surface area (Å²) in [6, 6.07) is 7.33. The van der Waals surface area contributed by atoms with Crippen LogP contribution in [0.25, 0.3) is 10.8 Å². The Morgan fingerprint density at radius 1 is 1.14 bits per heavy atom. The summed E-state index contributed by atoms with van der Waals surface area (Å²) < 4.78 is 39.5. The number of amides is 4. The fourth-order valence-electron chi connectivity index (χ4n) is 6.28. The van der Waals surface area contributed by atoms with Gasteiger partial charge in [-0.2, -0.15) is 11.8 Å². The van der Waals surface area contributed by atoms with Gasteiger partial charge in [0.2, 0.25) is 27.7 Å². The van der Waals surface area contributed by atoms with E-state index in [0.29, 0.717) is 30.9 Å². The van der Waals surface area contributed by atoms with E-state index in [0.717, 1.165) is 17.2 Å². The Hall–Kier alpha value is -3.85. The molecular weight excluding hydrogens is 671 g/mol. The van der Waals surface area contributed by atoms with Gasteiger partial charge in [0, 0.05) is 29.7 Å². The van der Waals surface area contributed by atoms with Gasteiger partial charge in [-0.05, 0) is 76.1 Å². The van der Waals surface area contributed by atoms with E-state index in [2.05, 4.69) is 20.3 Å². The highest BCUT2D eigenvalue weighted by Crippen LogP contribution is 2.46. The Kier molecular flexibility index (Phi) is 9.86. The molecule has 2 aromatic rings. The van der Waals surface area contributed by atoms with Gasteiger partial charge in [-0.15, -0.1) is 0 Å². The molecule has 2 aliphatic heterocycles. The number of alkyl carbamates (subject to hydrolysis) is 1. The van der Waals surface area contributed by atoms with E-state index in [4.69, 9.17) is 9.47 Å². The van der Waals surface area contributed by atoms with Crippen molar-refractivity contribution in [1.82, 2.24) is 25.2 Å². The molecule has 3 heterocycles. The Balaban J connectivity index is 1.30. The number of carbonyl (C=O) groups excluding carboxylic acids is 4. The number of nitrogens with one attached hydrogen (secondary N) is 3. The van der Waals surface area contributed by atoms with E-state index in [9.17, 15) is 27.6 Å². The molecule has 6 rings (SSSR count). The quantitative estimate of drug-likeness (QED) is 0.378. The number of sulfonamides is 1. The molecule has 3 fully saturated rings. The Morgan fingerprint density at radius 2 is 1.92 bits per heavy atom. The summed E-state index contributed by atoms with van der Waals surface area (Å²) in [5.74, 6) is -1.01. The van der Waals surface area contributed by atoms with Crippen molar-refractivity contribution in [1.29, 1.82) is 0 Å². The lowest BCUT2D eigenvalue weighted by atomic mass is 10.1. The maximum atomic E-state index is 14.3. The van der Waals surface area contributed by atoms with Gasteiger partial charge in [0.15, 0.2) is 0 Å². The molecule has 1 aromatic heterocycles. The third-order valence-electron chi connectivity index (χ3n) is 9.03. The standard InChI is InChI=1S/C34H43N5O8S2/c1-33(2,3)47-32(43)36-26-20-48-16-8-4-5-10-22-18-34(22,31(42)38-49(44,45)24-12-13-24)37-28(40)27-17-23(19-39(27)30(26)41)46-29-25-11-7-6-9-21(25)14-15-35-29/h5-7,9-11,14-15,22-24,26-27H,4,8,12-13,16-20H2,1-3H3,(H,36,43)(H,37,40)(H,38,42)/b10-5-/t22-,23-,26+,27+,34-/m1/s1. The van der Waals surface area contributed by atoms with Crippen molar-refractivity contribution in [3.63, 3.8) is 0 Å². The zero-order valence-corrected chi connectivity index (χ0v) is 29.5. The molecule has 2 aliphatic carbocycles. The van der Waals surface area contributed by atoms with Gasteiger partial charge in [-0.25, -0.2) is 18.2 Å². The smallest absolute Gasteiger partial charge is 0.408 e. The van der Waals surface area contributed by atoms with Crippen LogP contribution in [-0.2, 0) is 29.1 Å². The van der Waals surface area contributed by atoms with Crippen LogP contribution in [0.4, 0.5) is 4.79 Å². The van der Waals surface area contributed by atoms with Crippen LogP contribution < -0.4 is 20.1 Å². The molecule has 264 valence electrons. The number of ether oxygens (including phenoxy) is 2. The van der Waals surface area contributed by atoms with Gasteiger partial charge in [0.05, 0.1) is 11.8 Å². The highest BCUT2D eigenvalue weighted by atomic mass is 32.2. The lowest BCUT2D eigenvalue weighted by Gasteiger charge is -2.30. The van der Waals surface area contributed by atoms with Gasteiger partial charge in [0.1, 0.15) is 29.3 Å². The second kappa shape index (κ2) is 13.8. The maximum absolute atomic E-state index is 14.3. The van der Waals surface area contributed by atoms with E-state index in [1.807, 2.05) is 42.5 Å². The molecule has 1 saturated heterocycles. The predicted octanol–water partition coefficient (Wildman–Crippen LogP) is 3.04. The molecule has 0 spiro atoms. The molecule has 4 aliphatic rings. The molecule has 1 aromatic carbocycles. The Labute approximate surface area is 290 Å². The Morgan fingerprint density at radius 3 is 2.67 bits per heavy atom. The topological polar surface area (TPSA) is 173 Å². The number of hydrogen-bond donors (Lipinski definition) is 3. The Bertz CT molecular complexity index is 1750. The summed E-state index contributed by atoms with van der Waals surface area (Å²) >= 11 is 1.50. The number of fused-ring (bicyclic) bond motifs is 3. The molecule has 15 heteroatoms. The van der Waals surface area contributed by atoms with Gasteiger partial charge < -0.3 is 25.0 Å². The average Bonchev–Trinajstić information content (AvgIpc) is 3.96. The van der Waals surface area contributed by atoms with Crippen LogP contribution >= 0.6 is 11.8 Å². The second-order valence-electron chi connectivity index (χ2n) is 14.1. The number of thioether (sulfide) groups is 1. The van der Waals surface area contributed by atoms with E-state index in [1.165, 1.54) is 16.7 Å². The average molecular weight is 714 g/mol. The molecular formula is C34H43N5O8S2. The largest absolute Gasteiger partial charge is 0.472 e. The van der Waals surface area contributed by atoms with Crippen LogP contribution in [0.1, 0.15) is 59.3 Å². The van der Waals surface area contributed by atoms with Crippen molar-refractivity contribution in [2.45, 2.75) is 93.9 Å². The number of carbonyl (C=O) groups is 4. The zero-order chi connectivity index (χ0) is 35.0. The number of pyridine rings is 1. The summed E-state index contributed by atoms with van der Waals surface area (Å²) in [4.78, 5) is 60.8. The summed E-state index contributed by atoms with van der Waals surface area (Å²) in [5, 5.41) is 6.64. The molecule has 49 heavy (non-hydrogen) atoms. The minimum Gasteiger partial charge on any atom is -0.472 e. The van der Waals surface area contributed by atoms with Crippen molar-refractivity contribution in [2.75, 3.05) is 18.1 Å². The normalized spacial score (nSPS) is 28.6. The van der Waals surface area contributed by atoms with Crippen LogP contribution in [0.3, 0.4) is 0 Å². The minimum absolute atomic E-state index is 0.0115. The SMILES string of the molecule is CC(C)(C)OC(=O)N[C@H]1CSCCC/C=C\[C@@H]2C[C@@]2(C(=O)NS(=O)(=O)C2CC2)NC(=O)[C@@H]2C[C@@H](Oc3nccc4ccccc34)CN2C1=O. The van der Waals surface area contributed by atoms with Crippen molar-refractivity contribution >= 4 is 56.4 Å². The first-order valence-corrected chi connectivity index (χ1v) is 19.4. The minimum atomic E-state index is -3.87. The van der Waals surface area contributed by atoms with E-state index in [1.54, 1.807) is 27.0 Å². The lowest BCUT2D eigenvalue weighted by molar-refractivity contribution is -0.140. The lowest BCUT2D eigenvalue weighted by Crippen LogP contribution is -2.58. The monoisotopic (exact) mass is 713 g/mol. The summed E-state index contributed by atoms with van der Waals surface area (Å²) in [6.45, 7) is 5.19. The molecule has 2 saturated carbocycles. The second-order valence-corrected chi connectivity index (χ2v) is 17.2. The highest BCUT2D eigenvalue weighted by molar-refractivity contribution is 7.99. The van der Waals surface area contributed by atoms with Crippen LogP contribution in [-0.4, -0.2) is 94.7 Å². The van der Waals surface area contributed by atoms with E-state index < -0.39 is 74.3 Å². The summed E-state index contributed by atoms with van der Waals surface area (Å²) in [7, 11) is -3.87. The first-order valence-electron chi connectivity index (χ1n) is 16.7. The predicted molar refractivity (Wildman–Crippen MR) is 184 cm³/mol. The first kappa shape index (κ1) is 35.0. The summed E-state index contributed by atoms with van der Waals surface area (Å²) in [5.41, 5.74) is -2.28. The van der Waals surface area contributed by atoms with E-state index in [-0.39, 0.29) is 25.1 Å². The number of rotatable bonds is 6. The van der Waals surface area contributed by atoms with Crippen LogP contribution in [0.15, 0.2) is 48.7 Å². The fraction of sp³-hybridized carbons (Fsp3) is 0.559. The van der Waals surface area contributed by atoms with Gasteiger partial charge in [0.25, 0.3) is 5.91 Å². The first-order chi connectivity index (χ1) is 23.3. The molecule has 4 amide bonds.